The van der Waals surface area contributed by atoms with Crippen LogP contribution in [0, 0.1) is 12.7 Å². The summed E-state index contributed by atoms with van der Waals surface area (Å²) in [4.78, 5) is 30.7. The van der Waals surface area contributed by atoms with Crippen molar-refractivity contribution in [3.05, 3.63) is 71.7 Å². The zero-order chi connectivity index (χ0) is 18.7. The molecular formula is C20H18FN3O2. The van der Waals surface area contributed by atoms with E-state index >= 15 is 0 Å². The van der Waals surface area contributed by atoms with Gasteiger partial charge in [-0.2, -0.15) is 0 Å². The van der Waals surface area contributed by atoms with Crippen molar-refractivity contribution in [1.29, 1.82) is 0 Å². The number of carbonyl (C=O) groups excluding carboxylic acids is 2. The van der Waals surface area contributed by atoms with Gasteiger partial charge < -0.3 is 10.2 Å². The smallest absolute Gasteiger partial charge is 0.254 e. The van der Waals surface area contributed by atoms with Crippen LogP contribution in [0.25, 0.3) is 10.9 Å². The number of halogens is 1. The summed E-state index contributed by atoms with van der Waals surface area (Å²) in [6, 6.07) is 14.6. The topological polar surface area (TPSA) is 62.3 Å². The second-order valence-electron chi connectivity index (χ2n) is 6.04. The summed E-state index contributed by atoms with van der Waals surface area (Å²) in [5.41, 5.74) is 2.45. The van der Waals surface area contributed by atoms with Crippen LogP contribution in [0.3, 0.4) is 0 Å². The number of para-hydroxylation sites is 1. The van der Waals surface area contributed by atoms with Crippen LogP contribution >= 0.6 is 0 Å². The number of amides is 2. The van der Waals surface area contributed by atoms with E-state index in [0.717, 1.165) is 16.6 Å². The van der Waals surface area contributed by atoms with Gasteiger partial charge in [0.1, 0.15) is 5.82 Å². The molecule has 2 amide bonds. The third-order valence-electron chi connectivity index (χ3n) is 3.93. The minimum atomic E-state index is -0.379. The van der Waals surface area contributed by atoms with Gasteiger partial charge in [-0.25, -0.2) is 4.39 Å². The van der Waals surface area contributed by atoms with Crippen LogP contribution in [0.15, 0.2) is 54.6 Å². The van der Waals surface area contributed by atoms with Gasteiger partial charge in [0.15, 0.2) is 0 Å². The number of benzene rings is 2. The third kappa shape index (κ3) is 3.85. The number of nitrogens with one attached hydrogen (secondary N) is 1. The van der Waals surface area contributed by atoms with Gasteiger partial charge in [0.25, 0.3) is 5.91 Å². The number of rotatable bonds is 4. The molecule has 0 radical (unpaired) electrons. The van der Waals surface area contributed by atoms with Gasteiger partial charge in [0.2, 0.25) is 5.91 Å². The Bertz CT molecular complexity index is 970. The van der Waals surface area contributed by atoms with Crippen molar-refractivity contribution in [2.45, 2.75) is 6.92 Å². The number of nitrogens with zero attached hydrogens (tertiary/aromatic N) is 2. The highest BCUT2D eigenvalue weighted by Crippen LogP contribution is 2.19. The Morgan fingerprint density at radius 1 is 1.12 bits per heavy atom. The Hall–Kier alpha value is -3.28. The first-order valence-electron chi connectivity index (χ1n) is 8.11. The van der Waals surface area contributed by atoms with Crippen molar-refractivity contribution in [1.82, 2.24) is 9.88 Å². The van der Waals surface area contributed by atoms with Crippen molar-refractivity contribution in [2.75, 3.05) is 18.9 Å². The Kier molecular flexibility index (Phi) is 4.93. The molecule has 26 heavy (non-hydrogen) atoms. The number of aryl methyl sites for hydroxylation is 1. The molecule has 0 unspecified atom stereocenters. The molecule has 0 fully saturated rings. The minimum absolute atomic E-state index is 0.119. The van der Waals surface area contributed by atoms with Crippen molar-refractivity contribution in [2.24, 2.45) is 0 Å². The highest BCUT2D eigenvalue weighted by molar-refractivity contribution is 6.07. The standard InChI is InChI=1S/C20H18FN3O2/c1-13-11-17(16-5-3-4-6-18(16)22-13)20(26)24(2)12-19(25)23-15-9-7-14(21)8-10-15/h3-11H,12H2,1-2H3,(H,23,25). The molecule has 0 aliphatic carbocycles. The normalized spacial score (nSPS) is 10.6. The van der Waals surface area contributed by atoms with E-state index in [1.54, 1.807) is 13.1 Å². The fraction of sp³-hybridized carbons (Fsp3) is 0.150. The molecule has 1 aromatic heterocycles. The summed E-state index contributed by atoms with van der Waals surface area (Å²) in [5, 5.41) is 3.39. The number of aromatic nitrogens is 1. The molecule has 6 heteroatoms. The maximum absolute atomic E-state index is 12.9. The summed E-state index contributed by atoms with van der Waals surface area (Å²) in [5.74, 6) is -1.00. The predicted octanol–water partition coefficient (Wildman–Crippen LogP) is 3.39. The molecule has 0 aliphatic heterocycles. The van der Waals surface area contributed by atoms with E-state index in [0.29, 0.717) is 11.3 Å². The van der Waals surface area contributed by atoms with Crippen molar-refractivity contribution in [3.8, 4) is 0 Å². The molecular weight excluding hydrogens is 333 g/mol. The van der Waals surface area contributed by atoms with Gasteiger partial charge in [-0.1, -0.05) is 18.2 Å². The zero-order valence-corrected chi connectivity index (χ0v) is 14.5. The number of anilines is 1. The summed E-state index contributed by atoms with van der Waals surface area (Å²) in [6.45, 7) is 1.70. The molecule has 0 aliphatic rings. The van der Waals surface area contributed by atoms with Crippen LogP contribution in [0.1, 0.15) is 16.1 Å². The minimum Gasteiger partial charge on any atom is -0.332 e. The first-order valence-corrected chi connectivity index (χ1v) is 8.11. The average molecular weight is 351 g/mol. The van der Waals surface area contributed by atoms with Crippen LogP contribution in [-0.2, 0) is 4.79 Å². The van der Waals surface area contributed by atoms with Crippen LogP contribution in [0.2, 0.25) is 0 Å². The van der Waals surface area contributed by atoms with Crippen LogP contribution in [0.4, 0.5) is 10.1 Å². The molecule has 0 saturated carbocycles. The number of likely N-dealkylation sites (N-methyl/N-ethyl adjacent to an activating group) is 1. The van der Waals surface area contributed by atoms with Gasteiger partial charge >= 0.3 is 0 Å². The fourth-order valence-corrected chi connectivity index (χ4v) is 2.71. The molecule has 132 valence electrons. The second-order valence-corrected chi connectivity index (χ2v) is 6.04. The van der Waals surface area contributed by atoms with E-state index in [1.807, 2.05) is 31.2 Å². The SMILES string of the molecule is Cc1cc(C(=O)N(C)CC(=O)Nc2ccc(F)cc2)c2ccccc2n1. The largest absolute Gasteiger partial charge is 0.332 e. The Balaban J connectivity index is 1.75. The van der Waals surface area contributed by atoms with Gasteiger partial charge in [-0.3, -0.25) is 14.6 Å². The Labute approximate surface area is 150 Å². The van der Waals surface area contributed by atoms with Crippen LogP contribution < -0.4 is 5.32 Å². The lowest BCUT2D eigenvalue weighted by Gasteiger charge is -2.18. The van der Waals surface area contributed by atoms with E-state index < -0.39 is 0 Å². The predicted molar refractivity (Wildman–Crippen MR) is 98.5 cm³/mol. The molecule has 1 heterocycles. The molecule has 2 aromatic carbocycles. The highest BCUT2D eigenvalue weighted by atomic mass is 19.1. The molecule has 0 atom stereocenters. The third-order valence-corrected chi connectivity index (χ3v) is 3.93. The number of hydrogen-bond donors (Lipinski definition) is 1. The van der Waals surface area contributed by atoms with E-state index in [2.05, 4.69) is 10.3 Å². The molecule has 0 saturated heterocycles. The van der Waals surface area contributed by atoms with Gasteiger partial charge in [0.05, 0.1) is 17.6 Å². The zero-order valence-electron chi connectivity index (χ0n) is 14.5. The average Bonchev–Trinajstić information content (AvgIpc) is 2.62. The van der Waals surface area contributed by atoms with E-state index in [4.69, 9.17) is 0 Å². The summed E-state index contributed by atoms with van der Waals surface area (Å²) in [7, 11) is 1.57. The van der Waals surface area contributed by atoms with E-state index in [1.165, 1.54) is 29.2 Å². The Morgan fingerprint density at radius 2 is 1.81 bits per heavy atom. The molecule has 5 nitrogen and oxygen atoms in total. The van der Waals surface area contributed by atoms with Gasteiger partial charge in [-0.05, 0) is 43.3 Å². The first kappa shape index (κ1) is 17.5. The quantitative estimate of drug-likeness (QED) is 0.784. The first-order chi connectivity index (χ1) is 12.4. The number of fused-ring (bicyclic) bond motifs is 1. The van der Waals surface area contributed by atoms with Crippen LogP contribution in [-0.4, -0.2) is 35.3 Å². The van der Waals surface area contributed by atoms with E-state index in [9.17, 15) is 14.0 Å². The summed E-state index contributed by atoms with van der Waals surface area (Å²) in [6.07, 6.45) is 0. The molecule has 3 aromatic rings. The number of carbonyl (C=O) groups is 2. The van der Waals surface area contributed by atoms with Crippen molar-refractivity contribution >= 4 is 28.4 Å². The molecule has 0 spiro atoms. The second kappa shape index (κ2) is 7.31. The van der Waals surface area contributed by atoms with Gasteiger partial charge in [0, 0.05) is 23.8 Å². The van der Waals surface area contributed by atoms with Crippen LogP contribution in [0.5, 0.6) is 0 Å². The number of pyridine rings is 1. The van der Waals surface area contributed by atoms with Gasteiger partial charge in [-0.15, -0.1) is 0 Å². The lowest BCUT2D eigenvalue weighted by molar-refractivity contribution is -0.116. The maximum Gasteiger partial charge on any atom is 0.254 e. The lowest BCUT2D eigenvalue weighted by Crippen LogP contribution is -2.35. The summed E-state index contributed by atoms with van der Waals surface area (Å²) >= 11 is 0. The molecule has 3 rings (SSSR count). The van der Waals surface area contributed by atoms with E-state index in [-0.39, 0.29) is 24.2 Å². The van der Waals surface area contributed by atoms with Crippen molar-refractivity contribution < 1.29 is 14.0 Å². The Morgan fingerprint density at radius 3 is 2.54 bits per heavy atom. The fourth-order valence-electron chi connectivity index (χ4n) is 2.71. The number of hydrogen-bond acceptors (Lipinski definition) is 3. The van der Waals surface area contributed by atoms with Crippen molar-refractivity contribution in [3.63, 3.8) is 0 Å². The highest BCUT2D eigenvalue weighted by Gasteiger charge is 2.18. The maximum atomic E-state index is 12.9. The summed E-state index contributed by atoms with van der Waals surface area (Å²) < 4.78 is 12.9. The lowest BCUT2D eigenvalue weighted by atomic mass is 10.1. The molecule has 0 bridgehead atoms. The molecule has 1 N–H and O–H groups in total. The monoisotopic (exact) mass is 351 g/mol.